The van der Waals surface area contributed by atoms with Crippen molar-refractivity contribution in [3.05, 3.63) is 67.0 Å². The van der Waals surface area contributed by atoms with Gasteiger partial charge < -0.3 is 9.88 Å². The van der Waals surface area contributed by atoms with Gasteiger partial charge in [0.2, 0.25) is 5.95 Å². The molecule has 0 fully saturated rings. The minimum Gasteiger partial charge on any atom is -0.347 e. The van der Waals surface area contributed by atoms with Gasteiger partial charge >= 0.3 is 0 Å². The van der Waals surface area contributed by atoms with E-state index in [0.717, 1.165) is 11.5 Å². The molecule has 0 spiro atoms. The summed E-state index contributed by atoms with van der Waals surface area (Å²) in [6.07, 6.45) is 7.14. The van der Waals surface area contributed by atoms with Gasteiger partial charge in [0.15, 0.2) is 0 Å². The minimum absolute atomic E-state index is 0.575. The molecule has 0 amide bonds. The third-order valence-electron chi connectivity index (χ3n) is 2.72. The van der Waals surface area contributed by atoms with Crippen LogP contribution in [0.1, 0.15) is 5.82 Å². The molecule has 0 saturated carbocycles. The summed E-state index contributed by atoms with van der Waals surface area (Å²) in [5.41, 5.74) is 1.09. The van der Waals surface area contributed by atoms with Gasteiger partial charge in [-0.1, -0.05) is 18.2 Å². The Kier molecular flexibility index (Phi) is 3.18. The number of hydrogen-bond donors (Lipinski definition) is 1. The van der Waals surface area contributed by atoms with Crippen molar-refractivity contribution in [3.63, 3.8) is 0 Å². The second-order valence-electron chi connectivity index (χ2n) is 3.97. The van der Waals surface area contributed by atoms with E-state index in [4.69, 9.17) is 0 Å². The van der Waals surface area contributed by atoms with E-state index >= 15 is 0 Å². The van der Waals surface area contributed by atoms with E-state index in [9.17, 15) is 0 Å². The first-order valence-electron chi connectivity index (χ1n) is 6.02. The van der Waals surface area contributed by atoms with Gasteiger partial charge in [0, 0.05) is 30.5 Å². The van der Waals surface area contributed by atoms with Crippen LogP contribution in [0.5, 0.6) is 0 Å². The number of nitrogens with zero attached hydrogens (tertiary/aromatic N) is 4. The summed E-state index contributed by atoms with van der Waals surface area (Å²) < 4.78 is 2.04. The molecule has 5 nitrogen and oxygen atoms in total. The molecule has 0 aliphatic rings. The van der Waals surface area contributed by atoms with E-state index in [1.807, 2.05) is 41.1 Å². The molecule has 0 radical (unpaired) electrons. The molecule has 0 unspecified atom stereocenters. The van der Waals surface area contributed by atoms with Gasteiger partial charge in [-0.05, 0) is 18.2 Å². The predicted molar refractivity (Wildman–Crippen MR) is 72.9 cm³/mol. The minimum atomic E-state index is 0.575. The quantitative estimate of drug-likeness (QED) is 0.773. The first-order valence-corrected chi connectivity index (χ1v) is 6.02. The summed E-state index contributed by atoms with van der Waals surface area (Å²) in [6.45, 7) is 0.575. The second kappa shape index (κ2) is 5.30. The number of nitrogens with one attached hydrogen (secondary N) is 1. The van der Waals surface area contributed by atoms with Gasteiger partial charge in [-0.2, -0.15) is 0 Å². The smallest absolute Gasteiger partial charge is 0.222 e. The standard InChI is InChI=1S/C14H13N5/c1-2-5-12(6-3-1)19-10-9-15-13(19)11-18-14-16-7-4-8-17-14/h1-10H,11H2,(H,16,17,18). The van der Waals surface area contributed by atoms with Gasteiger partial charge in [0.25, 0.3) is 0 Å². The maximum atomic E-state index is 4.35. The van der Waals surface area contributed by atoms with Crippen LogP contribution in [0.25, 0.3) is 5.69 Å². The van der Waals surface area contributed by atoms with Crippen LogP contribution in [0.3, 0.4) is 0 Å². The molecule has 3 rings (SSSR count). The number of hydrogen-bond acceptors (Lipinski definition) is 4. The zero-order valence-corrected chi connectivity index (χ0v) is 10.3. The zero-order chi connectivity index (χ0) is 12.9. The zero-order valence-electron chi connectivity index (χ0n) is 10.3. The molecular weight excluding hydrogens is 238 g/mol. The van der Waals surface area contributed by atoms with Crippen LogP contribution >= 0.6 is 0 Å². The van der Waals surface area contributed by atoms with Gasteiger partial charge in [0.05, 0.1) is 6.54 Å². The lowest BCUT2D eigenvalue weighted by atomic mass is 10.3. The molecule has 1 N–H and O–H groups in total. The maximum Gasteiger partial charge on any atom is 0.222 e. The highest BCUT2D eigenvalue weighted by atomic mass is 15.1. The molecule has 94 valence electrons. The average Bonchev–Trinajstić information content (AvgIpc) is 2.95. The van der Waals surface area contributed by atoms with Gasteiger partial charge in [-0.15, -0.1) is 0 Å². The highest BCUT2D eigenvalue weighted by Gasteiger charge is 2.04. The van der Waals surface area contributed by atoms with Gasteiger partial charge in [-0.3, -0.25) is 0 Å². The Bertz CT molecular complexity index is 633. The van der Waals surface area contributed by atoms with Crippen molar-refractivity contribution in [2.24, 2.45) is 0 Å². The number of para-hydroxylation sites is 1. The topological polar surface area (TPSA) is 55.6 Å². The Labute approximate surface area is 111 Å². The van der Waals surface area contributed by atoms with Crippen molar-refractivity contribution in [3.8, 4) is 5.69 Å². The first kappa shape index (κ1) is 11.4. The van der Waals surface area contributed by atoms with Crippen LogP contribution < -0.4 is 5.32 Å². The SMILES string of the molecule is c1ccc(-n2ccnc2CNc2ncccn2)cc1. The van der Waals surface area contributed by atoms with Gasteiger partial charge in [0.1, 0.15) is 5.82 Å². The Morgan fingerprint density at radius 3 is 2.47 bits per heavy atom. The number of rotatable bonds is 4. The van der Waals surface area contributed by atoms with E-state index < -0.39 is 0 Å². The van der Waals surface area contributed by atoms with Crippen molar-refractivity contribution < 1.29 is 0 Å². The van der Waals surface area contributed by atoms with Crippen LogP contribution in [0.2, 0.25) is 0 Å². The molecule has 0 saturated heterocycles. The van der Waals surface area contributed by atoms with Crippen LogP contribution in [0, 0.1) is 0 Å². The second-order valence-corrected chi connectivity index (χ2v) is 3.97. The fourth-order valence-electron chi connectivity index (χ4n) is 1.84. The molecule has 1 aromatic carbocycles. The summed E-state index contributed by atoms with van der Waals surface area (Å²) in [7, 11) is 0. The molecule has 5 heteroatoms. The summed E-state index contributed by atoms with van der Waals surface area (Å²) in [5, 5.41) is 3.15. The van der Waals surface area contributed by atoms with Crippen molar-refractivity contribution in [1.29, 1.82) is 0 Å². The van der Waals surface area contributed by atoms with Crippen LogP contribution in [-0.4, -0.2) is 19.5 Å². The van der Waals surface area contributed by atoms with E-state index in [2.05, 4.69) is 20.3 Å². The summed E-state index contributed by atoms with van der Waals surface area (Å²) in [6, 6.07) is 11.9. The molecular formula is C14H13N5. The number of benzene rings is 1. The molecule has 3 aromatic rings. The van der Waals surface area contributed by atoms with Crippen LogP contribution in [0.15, 0.2) is 61.2 Å². The van der Waals surface area contributed by atoms with Crippen LogP contribution in [-0.2, 0) is 6.54 Å². The number of aromatic nitrogens is 4. The lowest BCUT2D eigenvalue weighted by molar-refractivity contribution is 0.887. The van der Waals surface area contributed by atoms with Crippen molar-refractivity contribution >= 4 is 5.95 Å². The Morgan fingerprint density at radius 2 is 1.68 bits per heavy atom. The highest BCUT2D eigenvalue weighted by Crippen LogP contribution is 2.10. The lowest BCUT2D eigenvalue weighted by Gasteiger charge is -2.08. The summed E-state index contributed by atoms with van der Waals surface area (Å²) >= 11 is 0. The molecule has 0 atom stereocenters. The summed E-state index contributed by atoms with van der Waals surface area (Å²) in [4.78, 5) is 12.6. The predicted octanol–water partition coefficient (Wildman–Crippen LogP) is 2.27. The monoisotopic (exact) mass is 251 g/mol. The summed E-state index contributed by atoms with van der Waals surface area (Å²) in [5.74, 6) is 1.52. The van der Waals surface area contributed by atoms with E-state index in [-0.39, 0.29) is 0 Å². The highest BCUT2D eigenvalue weighted by molar-refractivity contribution is 5.33. The van der Waals surface area contributed by atoms with E-state index in [0.29, 0.717) is 12.5 Å². The fraction of sp³-hybridized carbons (Fsp3) is 0.0714. The third-order valence-corrected chi connectivity index (χ3v) is 2.72. The van der Waals surface area contributed by atoms with Crippen molar-refractivity contribution in [1.82, 2.24) is 19.5 Å². The Balaban J connectivity index is 1.78. The molecule has 0 aliphatic carbocycles. The first-order chi connectivity index (χ1) is 9.43. The number of imidazole rings is 1. The molecule has 19 heavy (non-hydrogen) atoms. The molecule has 0 bridgehead atoms. The molecule has 2 aromatic heterocycles. The Hall–Kier alpha value is -2.69. The maximum absolute atomic E-state index is 4.35. The van der Waals surface area contributed by atoms with Crippen LogP contribution in [0.4, 0.5) is 5.95 Å². The van der Waals surface area contributed by atoms with Crippen molar-refractivity contribution in [2.75, 3.05) is 5.32 Å². The Morgan fingerprint density at radius 1 is 0.895 bits per heavy atom. The fourth-order valence-corrected chi connectivity index (χ4v) is 1.84. The molecule has 0 aliphatic heterocycles. The van der Waals surface area contributed by atoms with E-state index in [1.165, 1.54) is 0 Å². The average molecular weight is 251 g/mol. The molecule has 2 heterocycles. The largest absolute Gasteiger partial charge is 0.347 e. The normalized spacial score (nSPS) is 10.3. The van der Waals surface area contributed by atoms with Gasteiger partial charge in [-0.25, -0.2) is 15.0 Å². The van der Waals surface area contributed by atoms with E-state index in [1.54, 1.807) is 24.7 Å². The lowest BCUT2D eigenvalue weighted by Crippen LogP contribution is -2.08. The van der Waals surface area contributed by atoms with Crippen molar-refractivity contribution in [2.45, 2.75) is 6.54 Å². The number of anilines is 1. The third kappa shape index (κ3) is 2.60.